The highest BCUT2D eigenvalue weighted by molar-refractivity contribution is 6.31. The summed E-state index contributed by atoms with van der Waals surface area (Å²) in [5.41, 5.74) is 3.17. The fourth-order valence-corrected chi connectivity index (χ4v) is 4.21. The van der Waals surface area contributed by atoms with Gasteiger partial charge in [0, 0.05) is 41.8 Å². The van der Waals surface area contributed by atoms with Gasteiger partial charge in [-0.2, -0.15) is 0 Å². The monoisotopic (exact) mass is 466 g/mol. The molecule has 0 spiro atoms. The molecule has 0 saturated carbocycles. The average Bonchev–Trinajstić information content (AvgIpc) is 3.25. The third-order valence-corrected chi connectivity index (χ3v) is 6.24. The number of hydrogen-bond donors (Lipinski definition) is 1. The Morgan fingerprint density at radius 1 is 0.969 bits per heavy atom. The van der Waals surface area contributed by atoms with Crippen LogP contribution in [0.1, 0.15) is 5.56 Å². The van der Waals surface area contributed by atoms with E-state index in [-0.39, 0.29) is 5.91 Å². The summed E-state index contributed by atoms with van der Waals surface area (Å²) in [4.78, 5) is 33.6. The van der Waals surface area contributed by atoms with Crippen LogP contribution in [-0.4, -0.2) is 56.9 Å². The zero-order valence-electron chi connectivity index (χ0n) is 17.1. The average molecular weight is 467 g/mol. The standard InChI is InChI=1S/C23H20Cl2N6O/c24-17-7-5-15(6-8-17)21-28-20-22(29-21)26-14-27-23(20)31-11-9-30(10-12-31)19(32)13-16-3-1-2-4-18(16)25/h1-8,14H,9-13H2,(H,26,27,28,29). The van der Waals surface area contributed by atoms with Gasteiger partial charge in [-0.3, -0.25) is 4.79 Å². The van der Waals surface area contributed by atoms with Crippen LogP contribution in [0, 0.1) is 0 Å². The number of aromatic amines is 1. The molecule has 1 aliphatic rings. The summed E-state index contributed by atoms with van der Waals surface area (Å²) in [5.74, 6) is 1.59. The number of piperazine rings is 1. The first-order valence-corrected chi connectivity index (χ1v) is 11.1. The van der Waals surface area contributed by atoms with E-state index in [1.165, 1.54) is 6.33 Å². The third kappa shape index (κ3) is 4.13. The Kier molecular flexibility index (Phi) is 5.68. The summed E-state index contributed by atoms with van der Waals surface area (Å²) >= 11 is 12.2. The second kappa shape index (κ2) is 8.76. The molecule has 7 nitrogen and oxygen atoms in total. The molecule has 1 saturated heterocycles. The molecule has 162 valence electrons. The van der Waals surface area contributed by atoms with Crippen molar-refractivity contribution in [3.63, 3.8) is 0 Å². The van der Waals surface area contributed by atoms with Gasteiger partial charge in [0.15, 0.2) is 11.5 Å². The number of nitrogens with zero attached hydrogens (tertiary/aromatic N) is 5. The summed E-state index contributed by atoms with van der Waals surface area (Å²) in [7, 11) is 0. The summed E-state index contributed by atoms with van der Waals surface area (Å²) < 4.78 is 0. The van der Waals surface area contributed by atoms with E-state index in [0.717, 1.165) is 22.5 Å². The van der Waals surface area contributed by atoms with Crippen LogP contribution >= 0.6 is 23.2 Å². The van der Waals surface area contributed by atoms with E-state index in [1.807, 2.05) is 53.4 Å². The minimum absolute atomic E-state index is 0.0807. The van der Waals surface area contributed by atoms with Crippen molar-refractivity contribution in [2.75, 3.05) is 31.1 Å². The molecule has 1 fully saturated rings. The van der Waals surface area contributed by atoms with Gasteiger partial charge in [0.25, 0.3) is 0 Å². The molecule has 0 radical (unpaired) electrons. The Balaban J connectivity index is 1.31. The van der Waals surface area contributed by atoms with Crippen molar-refractivity contribution in [1.82, 2.24) is 24.8 Å². The van der Waals surface area contributed by atoms with Gasteiger partial charge in [0.1, 0.15) is 17.7 Å². The highest BCUT2D eigenvalue weighted by Gasteiger charge is 2.24. The van der Waals surface area contributed by atoms with Gasteiger partial charge >= 0.3 is 0 Å². The smallest absolute Gasteiger partial charge is 0.227 e. The van der Waals surface area contributed by atoms with Gasteiger partial charge in [-0.05, 0) is 35.9 Å². The van der Waals surface area contributed by atoms with Crippen LogP contribution in [0.25, 0.3) is 22.6 Å². The predicted molar refractivity (Wildman–Crippen MR) is 126 cm³/mol. The second-order valence-corrected chi connectivity index (χ2v) is 8.47. The van der Waals surface area contributed by atoms with Crippen LogP contribution in [0.3, 0.4) is 0 Å². The number of amides is 1. The molecule has 32 heavy (non-hydrogen) atoms. The fourth-order valence-electron chi connectivity index (χ4n) is 3.88. The molecule has 0 unspecified atom stereocenters. The van der Waals surface area contributed by atoms with E-state index in [1.54, 1.807) is 0 Å². The Morgan fingerprint density at radius 3 is 2.47 bits per heavy atom. The van der Waals surface area contributed by atoms with E-state index < -0.39 is 0 Å². The lowest BCUT2D eigenvalue weighted by Gasteiger charge is -2.35. The summed E-state index contributed by atoms with van der Waals surface area (Å²) in [6.07, 6.45) is 1.83. The van der Waals surface area contributed by atoms with Gasteiger partial charge in [-0.1, -0.05) is 41.4 Å². The molecule has 1 N–H and O–H groups in total. The van der Waals surface area contributed by atoms with Gasteiger partial charge in [-0.15, -0.1) is 0 Å². The van der Waals surface area contributed by atoms with Crippen molar-refractivity contribution in [3.05, 3.63) is 70.5 Å². The largest absolute Gasteiger partial charge is 0.351 e. The zero-order chi connectivity index (χ0) is 22.1. The normalized spacial score (nSPS) is 14.2. The lowest BCUT2D eigenvalue weighted by molar-refractivity contribution is -0.130. The second-order valence-electron chi connectivity index (χ2n) is 7.62. The lowest BCUT2D eigenvalue weighted by Crippen LogP contribution is -2.49. The van der Waals surface area contributed by atoms with Crippen molar-refractivity contribution in [2.24, 2.45) is 0 Å². The number of H-pyrrole nitrogens is 1. The molecule has 9 heteroatoms. The van der Waals surface area contributed by atoms with Gasteiger partial charge in [0.2, 0.25) is 5.91 Å². The molecular weight excluding hydrogens is 447 g/mol. The Bertz CT molecular complexity index is 1270. The maximum absolute atomic E-state index is 12.8. The van der Waals surface area contributed by atoms with E-state index in [2.05, 4.69) is 24.8 Å². The molecule has 1 amide bonds. The Hall–Kier alpha value is -3.16. The number of carbonyl (C=O) groups excluding carboxylic acids is 1. The summed E-state index contributed by atoms with van der Waals surface area (Å²) in [6, 6.07) is 15.0. The SMILES string of the molecule is O=C(Cc1ccccc1Cl)N1CCN(c2ncnc3nc(-c4ccc(Cl)cc4)[nH]c23)CC1. The zero-order valence-corrected chi connectivity index (χ0v) is 18.6. The number of benzene rings is 2. The number of imidazole rings is 1. The molecule has 4 aromatic rings. The Morgan fingerprint density at radius 2 is 1.72 bits per heavy atom. The van der Waals surface area contributed by atoms with Crippen molar-refractivity contribution >= 4 is 46.1 Å². The van der Waals surface area contributed by atoms with Crippen LogP contribution in [0.4, 0.5) is 5.82 Å². The third-order valence-electron chi connectivity index (χ3n) is 5.62. The molecule has 5 rings (SSSR count). The fraction of sp³-hybridized carbons (Fsp3) is 0.217. The number of nitrogens with one attached hydrogen (secondary N) is 1. The first-order valence-electron chi connectivity index (χ1n) is 10.3. The maximum Gasteiger partial charge on any atom is 0.227 e. The minimum atomic E-state index is 0.0807. The van der Waals surface area contributed by atoms with Gasteiger partial charge in [0.05, 0.1) is 6.42 Å². The number of anilines is 1. The van der Waals surface area contributed by atoms with Crippen LogP contribution in [0.15, 0.2) is 54.9 Å². The van der Waals surface area contributed by atoms with Crippen LogP contribution in [-0.2, 0) is 11.2 Å². The van der Waals surface area contributed by atoms with Gasteiger partial charge < -0.3 is 14.8 Å². The highest BCUT2D eigenvalue weighted by atomic mass is 35.5. The summed E-state index contributed by atoms with van der Waals surface area (Å²) in [5, 5.41) is 1.30. The first-order chi connectivity index (χ1) is 15.6. The number of aromatic nitrogens is 4. The molecule has 2 aromatic heterocycles. The van der Waals surface area contributed by atoms with E-state index in [4.69, 9.17) is 23.2 Å². The Labute approximate surface area is 195 Å². The van der Waals surface area contributed by atoms with Gasteiger partial charge in [-0.25, -0.2) is 15.0 Å². The number of rotatable bonds is 4. The number of hydrogen-bond acceptors (Lipinski definition) is 5. The van der Waals surface area contributed by atoms with Crippen LogP contribution in [0.2, 0.25) is 10.0 Å². The molecule has 0 bridgehead atoms. The number of halogens is 2. The minimum Gasteiger partial charge on any atom is -0.351 e. The molecular formula is C23H20Cl2N6O. The van der Waals surface area contributed by atoms with Crippen molar-refractivity contribution in [2.45, 2.75) is 6.42 Å². The molecule has 2 aromatic carbocycles. The van der Waals surface area contributed by atoms with Crippen molar-refractivity contribution < 1.29 is 4.79 Å². The lowest BCUT2D eigenvalue weighted by atomic mass is 10.1. The van der Waals surface area contributed by atoms with E-state index in [9.17, 15) is 4.79 Å². The quantitative estimate of drug-likeness (QED) is 0.487. The van der Waals surface area contributed by atoms with E-state index >= 15 is 0 Å². The van der Waals surface area contributed by atoms with Crippen molar-refractivity contribution in [1.29, 1.82) is 0 Å². The first kappa shape index (κ1) is 20.7. The van der Waals surface area contributed by atoms with E-state index in [0.29, 0.717) is 54.1 Å². The highest BCUT2D eigenvalue weighted by Crippen LogP contribution is 2.27. The molecule has 3 heterocycles. The number of carbonyl (C=O) groups is 1. The predicted octanol–water partition coefficient (Wildman–Crippen LogP) is 4.22. The van der Waals surface area contributed by atoms with Crippen LogP contribution in [0.5, 0.6) is 0 Å². The van der Waals surface area contributed by atoms with Crippen molar-refractivity contribution in [3.8, 4) is 11.4 Å². The van der Waals surface area contributed by atoms with Crippen LogP contribution < -0.4 is 4.90 Å². The summed E-state index contributed by atoms with van der Waals surface area (Å²) in [6.45, 7) is 2.59. The topological polar surface area (TPSA) is 78.0 Å². The molecule has 0 atom stereocenters. The number of fused-ring (bicyclic) bond motifs is 1. The molecule has 1 aliphatic heterocycles. The molecule has 0 aliphatic carbocycles. The maximum atomic E-state index is 12.8.